The van der Waals surface area contributed by atoms with Gasteiger partial charge in [0.05, 0.1) is 22.1 Å². The number of fused-ring (bicyclic) bond motifs is 14. The SMILES string of the molecule is c1ccc2c(-c3ccc(-c4ccc(N(c5ccc(-c6ccc7c(c6)sc6ccccc67)cc5)c5ccc(-n6c7ccccc7c7ccccc76)cc5)cc4)cc3)cccc2c1.c1ccc2cc(-c3ccc(-c4ccc(N(c5ccc(-c6ccc7c(c6)sc6ccccc67)cc5)c5ccc(-n6c7ccccc7c7ccccc76)cc5)cc4)cc3)ccc2c1. The van der Waals surface area contributed by atoms with Gasteiger partial charge in [0.2, 0.25) is 0 Å². The summed E-state index contributed by atoms with van der Waals surface area (Å²) in [4.78, 5) is 4.73. The molecule has 4 heterocycles. The van der Waals surface area contributed by atoms with Crippen molar-refractivity contribution < 1.29 is 0 Å². The fourth-order valence-electron chi connectivity index (χ4n) is 18.4. The molecule has 4 aromatic heterocycles. The molecular formula is C116H76N4S2. The molecule has 4 nitrogen and oxygen atoms in total. The van der Waals surface area contributed by atoms with Crippen molar-refractivity contribution in [1.29, 1.82) is 0 Å². The monoisotopic (exact) mass is 1590 g/mol. The van der Waals surface area contributed by atoms with E-state index in [1.54, 1.807) is 0 Å². The van der Waals surface area contributed by atoms with Crippen LogP contribution < -0.4 is 9.80 Å². The van der Waals surface area contributed by atoms with Crippen LogP contribution in [0.4, 0.5) is 34.1 Å². The highest BCUT2D eigenvalue weighted by Crippen LogP contribution is 2.45. The van der Waals surface area contributed by atoms with Crippen LogP contribution in [0.1, 0.15) is 0 Å². The number of benzene rings is 20. The summed E-state index contributed by atoms with van der Waals surface area (Å²) in [6.45, 7) is 0. The normalized spacial score (nSPS) is 11.6. The lowest BCUT2D eigenvalue weighted by atomic mass is 9.96. The summed E-state index contributed by atoms with van der Waals surface area (Å²) >= 11 is 3.73. The molecule has 24 rings (SSSR count). The lowest BCUT2D eigenvalue weighted by Gasteiger charge is -2.26. The zero-order chi connectivity index (χ0) is 80.6. The molecule has 572 valence electrons. The highest BCUT2D eigenvalue weighted by Gasteiger charge is 2.21. The molecule has 24 aromatic rings. The summed E-state index contributed by atoms with van der Waals surface area (Å²) in [5.74, 6) is 0. The number of hydrogen-bond donors (Lipinski definition) is 0. The molecule has 6 heteroatoms. The lowest BCUT2D eigenvalue weighted by Crippen LogP contribution is -2.10. The molecule has 0 aliphatic heterocycles. The molecule has 0 aliphatic carbocycles. The van der Waals surface area contributed by atoms with Crippen LogP contribution in [0.15, 0.2) is 461 Å². The molecule has 0 aliphatic rings. The summed E-state index contributed by atoms with van der Waals surface area (Å²) in [7, 11) is 0. The van der Waals surface area contributed by atoms with Crippen LogP contribution in [-0.2, 0) is 0 Å². The average Bonchev–Trinajstić information content (AvgIpc) is 1.63. The van der Waals surface area contributed by atoms with Gasteiger partial charge in [-0.05, 0) is 240 Å². The highest BCUT2D eigenvalue weighted by molar-refractivity contribution is 7.26. The van der Waals surface area contributed by atoms with Crippen molar-refractivity contribution in [3.8, 4) is 78.1 Å². The summed E-state index contributed by atoms with van der Waals surface area (Å²) in [6, 6.07) is 168. The Morgan fingerprint density at radius 1 is 0.156 bits per heavy atom. The van der Waals surface area contributed by atoms with E-state index < -0.39 is 0 Å². The molecule has 0 N–H and O–H groups in total. The zero-order valence-electron chi connectivity index (χ0n) is 66.5. The van der Waals surface area contributed by atoms with E-state index >= 15 is 0 Å². The van der Waals surface area contributed by atoms with Crippen LogP contribution >= 0.6 is 22.7 Å². The van der Waals surface area contributed by atoms with Crippen LogP contribution in [0.5, 0.6) is 0 Å². The van der Waals surface area contributed by atoms with Gasteiger partial charge in [0.15, 0.2) is 0 Å². The fourth-order valence-corrected chi connectivity index (χ4v) is 20.7. The van der Waals surface area contributed by atoms with E-state index in [1.165, 1.54) is 172 Å². The maximum Gasteiger partial charge on any atom is 0.0541 e. The van der Waals surface area contributed by atoms with Gasteiger partial charge < -0.3 is 18.9 Å². The van der Waals surface area contributed by atoms with Crippen molar-refractivity contribution in [3.63, 3.8) is 0 Å². The van der Waals surface area contributed by atoms with Crippen molar-refractivity contribution in [3.05, 3.63) is 461 Å². The van der Waals surface area contributed by atoms with Crippen LogP contribution in [-0.4, -0.2) is 9.13 Å². The minimum atomic E-state index is 1.09. The molecule has 0 saturated carbocycles. The van der Waals surface area contributed by atoms with Crippen molar-refractivity contribution in [2.75, 3.05) is 9.80 Å². The number of rotatable bonds is 14. The van der Waals surface area contributed by atoms with Gasteiger partial charge in [0, 0.05) is 107 Å². The largest absolute Gasteiger partial charge is 0.311 e. The van der Waals surface area contributed by atoms with Crippen molar-refractivity contribution >= 4 is 162 Å². The average molecular weight is 1590 g/mol. The van der Waals surface area contributed by atoms with Gasteiger partial charge in [-0.15, -0.1) is 22.7 Å². The first kappa shape index (κ1) is 71.8. The molecule has 0 spiro atoms. The Bertz CT molecular complexity index is 7960. The van der Waals surface area contributed by atoms with Crippen molar-refractivity contribution in [2.45, 2.75) is 0 Å². The second-order valence-corrected chi connectivity index (χ2v) is 33.7. The Morgan fingerprint density at radius 2 is 0.418 bits per heavy atom. The van der Waals surface area contributed by atoms with E-state index in [2.05, 4.69) is 480 Å². The molecule has 20 aromatic carbocycles. The third-order valence-electron chi connectivity index (χ3n) is 24.4. The summed E-state index contributed by atoms with van der Waals surface area (Å²) in [6.07, 6.45) is 0. The maximum absolute atomic E-state index is 2.38. The van der Waals surface area contributed by atoms with Gasteiger partial charge in [-0.3, -0.25) is 0 Å². The van der Waals surface area contributed by atoms with Crippen LogP contribution in [0.3, 0.4) is 0 Å². The first-order valence-corrected chi connectivity index (χ1v) is 43.3. The third kappa shape index (κ3) is 13.0. The molecule has 122 heavy (non-hydrogen) atoms. The Morgan fingerprint density at radius 3 is 0.811 bits per heavy atom. The second-order valence-electron chi connectivity index (χ2n) is 31.5. The lowest BCUT2D eigenvalue weighted by molar-refractivity contribution is 1.17. The van der Waals surface area contributed by atoms with E-state index in [1.807, 2.05) is 22.7 Å². The minimum Gasteiger partial charge on any atom is -0.311 e. The van der Waals surface area contributed by atoms with E-state index in [0.717, 1.165) is 45.5 Å². The Hall–Kier alpha value is -15.4. The first-order valence-electron chi connectivity index (χ1n) is 41.6. The highest BCUT2D eigenvalue weighted by atomic mass is 32.1. The molecule has 0 unspecified atom stereocenters. The Balaban J connectivity index is 0.000000142. The quantitative estimate of drug-likeness (QED) is 0.108. The summed E-state index contributed by atoms with van der Waals surface area (Å²) < 4.78 is 10.0. The first-order chi connectivity index (χ1) is 60.4. The van der Waals surface area contributed by atoms with E-state index in [4.69, 9.17) is 0 Å². The minimum absolute atomic E-state index is 1.09. The summed E-state index contributed by atoms with van der Waals surface area (Å²) in [5.41, 5.74) is 28.2. The van der Waals surface area contributed by atoms with Crippen LogP contribution in [0, 0.1) is 0 Å². The van der Waals surface area contributed by atoms with Gasteiger partial charge in [0.25, 0.3) is 0 Å². The molecule has 0 atom stereocenters. The molecule has 0 amide bonds. The molecule has 0 bridgehead atoms. The van der Waals surface area contributed by atoms with E-state index in [0.29, 0.717) is 0 Å². The number of hydrogen-bond acceptors (Lipinski definition) is 4. The maximum atomic E-state index is 2.38. The molecule has 0 fully saturated rings. The number of nitrogens with zero attached hydrogens (tertiary/aromatic N) is 4. The van der Waals surface area contributed by atoms with Crippen LogP contribution in [0.25, 0.3) is 184 Å². The Kier molecular flexibility index (Phi) is 18.0. The van der Waals surface area contributed by atoms with Gasteiger partial charge in [-0.25, -0.2) is 0 Å². The number of thiophene rings is 2. The van der Waals surface area contributed by atoms with Gasteiger partial charge in [-0.1, -0.05) is 309 Å². The van der Waals surface area contributed by atoms with Crippen molar-refractivity contribution in [2.24, 2.45) is 0 Å². The van der Waals surface area contributed by atoms with E-state index in [9.17, 15) is 0 Å². The predicted molar refractivity (Wildman–Crippen MR) is 524 cm³/mol. The van der Waals surface area contributed by atoms with Crippen molar-refractivity contribution in [1.82, 2.24) is 9.13 Å². The predicted octanol–water partition coefficient (Wildman–Crippen LogP) is 33.6. The number of para-hydroxylation sites is 4. The van der Waals surface area contributed by atoms with E-state index in [-0.39, 0.29) is 0 Å². The topological polar surface area (TPSA) is 16.3 Å². The standard InChI is InChI=1S/2C58H38N2S/c1-2-12-49-42(10-1)11-9-16-50(49)43-22-20-39(21-23-43)40-24-29-45(30-25-40)59(46-31-26-41(27-32-46)44-28-37-54-53-15-5-8-19-57(53)61-58(54)38-44)47-33-35-48(36-34-47)60-55-17-6-3-13-51(55)52-14-4-7-18-56(52)60;1-2-10-44-37-45(22-21-39(44)9-1)42-19-17-40(18-20-42)41-23-28-47(29-24-41)59(48-30-25-43(26-31-48)46-27-36-54-53-13-5-8-16-57(53)61-58(54)38-46)49-32-34-50(35-33-49)60-55-14-6-3-11-51(55)52-12-4-7-15-56(52)60/h2*1-38H. The fraction of sp³-hybridized carbons (Fsp3) is 0. The molecule has 0 saturated heterocycles. The Labute approximate surface area is 715 Å². The van der Waals surface area contributed by atoms with Gasteiger partial charge in [-0.2, -0.15) is 0 Å². The molecule has 0 radical (unpaired) electrons. The summed E-state index contributed by atoms with van der Waals surface area (Å²) in [5, 5.41) is 15.4. The third-order valence-corrected chi connectivity index (χ3v) is 26.7. The second kappa shape index (κ2) is 30.5. The molecular weight excluding hydrogens is 1510 g/mol. The smallest absolute Gasteiger partial charge is 0.0541 e. The van der Waals surface area contributed by atoms with Gasteiger partial charge >= 0.3 is 0 Å². The zero-order valence-corrected chi connectivity index (χ0v) is 68.1. The number of aromatic nitrogens is 2. The van der Waals surface area contributed by atoms with Gasteiger partial charge in [0.1, 0.15) is 0 Å². The number of anilines is 6. The van der Waals surface area contributed by atoms with Crippen LogP contribution in [0.2, 0.25) is 0 Å².